The first-order valence-corrected chi connectivity index (χ1v) is 16.1. The third-order valence-electron chi connectivity index (χ3n) is 10.2. The summed E-state index contributed by atoms with van der Waals surface area (Å²) in [5.41, 5.74) is 12.7. The summed E-state index contributed by atoms with van der Waals surface area (Å²) in [6.07, 6.45) is 0. The number of rotatable bonds is 4. The van der Waals surface area contributed by atoms with E-state index in [0.29, 0.717) is 0 Å². The lowest BCUT2D eigenvalue weighted by Crippen LogP contribution is -2.22. The van der Waals surface area contributed by atoms with Crippen molar-refractivity contribution < 1.29 is 8.83 Å². The molecule has 7 aromatic carbocycles. The monoisotopic (exact) mass is 603 g/mol. The van der Waals surface area contributed by atoms with E-state index in [9.17, 15) is 0 Å². The molecule has 0 N–H and O–H groups in total. The maximum atomic E-state index is 6.90. The van der Waals surface area contributed by atoms with Crippen LogP contribution in [0.15, 0.2) is 167 Å². The number of fused-ring (bicyclic) bond motifs is 9. The second-order valence-electron chi connectivity index (χ2n) is 12.6. The minimum atomic E-state index is -0.290. The second kappa shape index (κ2) is 9.72. The zero-order valence-corrected chi connectivity index (χ0v) is 25.8. The molecule has 0 aliphatic heterocycles. The van der Waals surface area contributed by atoms with Gasteiger partial charge < -0.3 is 13.7 Å². The normalized spacial score (nSPS) is 13.4. The Morgan fingerprint density at radius 1 is 0.447 bits per heavy atom. The quantitative estimate of drug-likeness (QED) is 0.200. The maximum Gasteiger partial charge on any atom is 0.159 e. The van der Waals surface area contributed by atoms with Gasteiger partial charge in [0.25, 0.3) is 0 Å². The van der Waals surface area contributed by atoms with Crippen LogP contribution in [0.3, 0.4) is 0 Å². The van der Waals surface area contributed by atoms with E-state index < -0.39 is 0 Å². The molecule has 0 saturated carbocycles. The second-order valence-corrected chi connectivity index (χ2v) is 12.6. The van der Waals surface area contributed by atoms with Crippen molar-refractivity contribution in [2.45, 2.75) is 12.3 Å². The topological polar surface area (TPSA) is 29.5 Å². The van der Waals surface area contributed by atoms with E-state index in [1.807, 2.05) is 18.2 Å². The number of furan rings is 2. The largest absolute Gasteiger partial charge is 0.456 e. The molecule has 0 fully saturated rings. The number of nitrogens with zero attached hydrogens (tertiary/aromatic N) is 1. The molecule has 3 nitrogen and oxygen atoms in total. The maximum absolute atomic E-state index is 6.90. The molecule has 1 aliphatic carbocycles. The molecule has 0 radical (unpaired) electrons. The highest BCUT2D eigenvalue weighted by atomic mass is 16.3. The van der Waals surface area contributed by atoms with Crippen molar-refractivity contribution in [3.8, 4) is 11.1 Å². The lowest BCUT2D eigenvalue weighted by atomic mass is 9.74. The summed E-state index contributed by atoms with van der Waals surface area (Å²) in [5, 5.41) is 4.42. The van der Waals surface area contributed by atoms with Crippen molar-refractivity contribution in [3.63, 3.8) is 0 Å². The lowest BCUT2D eigenvalue weighted by Gasteiger charge is -2.28. The first-order chi connectivity index (χ1) is 23.2. The van der Waals surface area contributed by atoms with Crippen LogP contribution in [-0.4, -0.2) is 0 Å². The van der Waals surface area contributed by atoms with E-state index >= 15 is 0 Å². The van der Waals surface area contributed by atoms with Crippen LogP contribution in [-0.2, 0) is 5.41 Å². The van der Waals surface area contributed by atoms with Gasteiger partial charge in [-0.2, -0.15) is 0 Å². The van der Waals surface area contributed by atoms with Gasteiger partial charge >= 0.3 is 0 Å². The molecule has 2 aromatic heterocycles. The highest BCUT2D eigenvalue weighted by Gasteiger charge is 2.40. The average Bonchev–Trinajstić information content (AvgIpc) is 3.77. The van der Waals surface area contributed by atoms with E-state index in [1.54, 1.807) is 0 Å². The van der Waals surface area contributed by atoms with Crippen molar-refractivity contribution in [2.75, 3.05) is 4.90 Å². The van der Waals surface area contributed by atoms with Crippen LogP contribution in [0.2, 0.25) is 0 Å². The third-order valence-corrected chi connectivity index (χ3v) is 10.2. The molecular weight excluding hydrogens is 574 g/mol. The third kappa shape index (κ3) is 3.68. The summed E-state index contributed by atoms with van der Waals surface area (Å²) >= 11 is 0. The molecule has 2 heterocycles. The van der Waals surface area contributed by atoms with Crippen LogP contribution >= 0.6 is 0 Å². The van der Waals surface area contributed by atoms with Crippen molar-refractivity contribution in [1.82, 2.24) is 0 Å². The highest BCUT2D eigenvalue weighted by Crippen LogP contribution is 2.53. The van der Waals surface area contributed by atoms with Gasteiger partial charge in [-0.15, -0.1) is 0 Å². The van der Waals surface area contributed by atoms with Gasteiger partial charge in [-0.05, 0) is 77.2 Å². The van der Waals surface area contributed by atoms with Gasteiger partial charge in [0.1, 0.15) is 16.7 Å². The standard InChI is InChI=1S/C44H29NO2/c1-44(37-18-8-5-14-31(37)32-15-6-9-19-38(32)44)28-22-24-35-36-17-11-20-39(43(36)47-41(35)26-28)45(29-12-3-2-4-13-29)30-23-25-34-33-16-7-10-21-40(33)46-42(34)27-30/h2-27H,1H3. The van der Waals surface area contributed by atoms with Crippen LogP contribution in [0.5, 0.6) is 0 Å². The number of para-hydroxylation sites is 3. The van der Waals surface area contributed by atoms with Gasteiger partial charge in [0.15, 0.2) is 5.58 Å². The van der Waals surface area contributed by atoms with Gasteiger partial charge in [0.05, 0.1) is 11.4 Å². The molecule has 0 unspecified atom stereocenters. The zero-order chi connectivity index (χ0) is 31.1. The van der Waals surface area contributed by atoms with Crippen molar-refractivity contribution in [3.05, 3.63) is 174 Å². The number of anilines is 3. The van der Waals surface area contributed by atoms with Crippen molar-refractivity contribution in [1.29, 1.82) is 0 Å². The molecule has 47 heavy (non-hydrogen) atoms. The summed E-state index contributed by atoms with van der Waals surface area (Å²) in [6.45, 7) is 2.35. The molecule has 0 atom stereocenters. The molecule has 1 aliphatic rings. The van der Waals surface area contributed by atoms with Gasteiger partial charge in [-0.25, -0.2) is 0 Å². The summed E-state index contributed by atoms with van der Waals surface area (Å²) in [6, 6.07) is 56.0. The predicted octanol–water partition coefficient (Wildman–Crippen LogP) is 12.3. The molecular formula is C44H29NO2. The fourth-order valence-corrected chi connectivity index (χ4v) is 7.89. The zero-order valence-electron chi connectivity index (χ0n) is 25.8. The fourth-order valence-electron chi connectivity index (χ4n) is 7.89. The van der Waals surface area contributed by atoms with Crippen LogP contribution in [0.1, 0.15) is 23.6 Å². The Hall–Kier alpha value is -6.06. The minimum absolute atomic E-state index is 0.290. The van der Waals surface area contributed by atoms with Gasteiger partial charge in [-0.1, -0.05) is 109 Å². The highest BCUT2D eigenvalue weighted by molar-refractivity contribution is 6.11. The first kappa shape index (κ1) is 26.2. The van der Waals surface area contributed by atoms with Gasteiger partial charge in [-0.3, -0.25) is 0 Å². The number of benzene rings is 7. The van der Waals surface area contributed by atoms with Gasteiger partial charge in [0.2, 0.25) is 0 Å². The Labute approximate surface area is 271 Å². The molecule has 10 rings (SSSR count). The summed E-state index contributed by atoms with van der Waals surface area (Å²) in [7, 11) is 0. The molecule has 0 bridgehead atoms. The molecule has 0 saturated heterocycles. The van der Waals surface area contributed by atoms with E-state index in [2.05, 4.69) is 151 Å². The minimum Gasteiger partial charge on any atom is -0.456 e. The Morgan fingerprint density at radius 2 is 1.06 bits per heavy atom. The lowest BCUT2D eigenvalue weighted by molar-refractivity contribution is 0.662. The van der Waals surface area contributed by atoms with Crippen molar-refractivity contribution >= 4 is 60.9 Å². The Balaban J connectivity index is 1.17. The van der Waals surface area contributed by atoms with E-state index in [1.165, 1.54) is 27.8 Å². The Kier molecular flexibility index (Phi) is 5.41. The molecule has 222 valence electrons. The van der Waals surface area contributed by atoms with Crippen LogP contribution in [0.4, 0.5) is 17.1 Å². The SMILES string of the molecule is CC1(c2ccc3c(c2)oc2c(N(c4ccccc4)c4ccc5c(c4)oc4ccccc45)cccc23)c2ccccc2-c2ccccc21. The van der Waals surface area contributed by atoms with E-state index in [4.69, 9.17) is 8.83 Å². The predicted molar refractivity (Wildman–Crippen MR) is 193 cm³/mol. The molecule has 3 heteroatoms. The average molecular weight is 604 g/mol. The summed E-state index contributed by atoms with van der Waals surface area (Å²) < 4.78 is 13.2. The molecule has 0 spiro atoms. The first-order valence-electron chi connectivity index (χ1n) is 16.1. The number of hydrogen-bond donors (Lipinski definition) is 0. The van der Waals surface area contributed by atoms with Gasteiger partial charge in [0, 0.05) is 38.7 Å². The van der Waals surface area contributed by atoms with Crippen LogP contribution < -0.4 is 4.90 Å². The molecule has 0 amide bonds. The van der Waals surface area contributed by atoms with Crippen LogP contribution in [0, 0.1) is 0 Å². The summed E-state index contributed by atoms with van der Waals surface area (Å²) in [5.74, 6) is 0. The summed E-state index contributed by atoms with van der Waals surface area (Å²) in [4.78, 5) is 2.27. The fraction of sp³-hybridized carbons (Fsp3) is 0.0455. The van der Waals surface area contributed by atoms with Crippen molar-refractivity contribution in [2.24, 2.45) is 0 Å². The van der Waals surface area contributed by atoms with Crippen LogP contribution in [0.25, 0.3) is 55.0 Å². The smallest absolute Gasteiger partial charge is 0.159 e. The molecule has 9 aromatic rings. The Bertz CT molecular complexity index is 2620. The van der Waals surface area contributed by atoms with E-state index in [-0.39, 0.29) is 5.41 Å². The Morgan fingerprint density at radius 3 is 1.87 bits per heavy atom. The number of hydrogen-bond acceptors (Lipinski definition) is 3. The van der Waals surface area contributed by atoms with E-state index in [0.717, 1.165) is 60.9 Å².